The second-order valence-corrected chi connectivity index (χ2v) is 34.3. The van der Waals surface area contributed by atoms with Gasteiger partial charge in [0.1, 0.15) is 61.0 Å². The molecule has 4 aliphatic heterocycles. The van der Waals surface area contributed by atoms with Crippen molar-refractivity contribution in [2.75, 3.05) is 139 Å². The molecule has 0 aliphatic carbocycles. The van der Waals surface area contributed by atoms with E-state index in [0.29, 0.717) is 77.0 Å². The maximum Gasteiger partial charge on any atom is 0.472 e. The lowest BCUT2D eigenvalue weighted by atomic mass is 9.92. The van der Waals surface area contributed by atoms with Crippen molar-refractivity contribution in [2.45, 2.75) is 235 Å². The Morgan fingerprint density at radius 2 is 0.731 bits per heavy atom. The van der Waals surface area contributed by atoms with E-state index in [2.05, 4.69) is 9.84 Å². The lowest BCUT2D eigenvalue weighted by Crippen LogP contribution is -2.64. The molecule has 23 atom stereocenters. The van der Waals surface area contributed by atoms with E-state index < -0.39 is 193 Å². The highest BCUT2D eigenvalue weighted by Gasteiger charge is 2.48. The van der Waals surface area contributed by atoms with Crippen molar-refractivity contribution in [1.29, 1.82) is 0 Å². The largest absolute Gasteiger partial charge is 0.472 e. The molecule has 4 fully saturated rings. The molecule has 0 saturated carbocycles. The Kier molecular flexibility index (Phi) is 48.1. The molecule has 0 aromatic carbocycles. The van der Waals surface area contributed by atoms with Gasteiger partial charge in [0, 0.05) is 71.9 Å². The van der Waals surface area contributed by atoms with Gasteiger partial charge in [0.05, 0.1) is 116 Å². The molecule has 0 spiro atoms. The van der Waals surface area contributed by atoms with Crippen LogP contribution in [0.1, 0.15) is 137 Å². The molecule has 1 amide bonds. The average molecular weight is 1680 g/mol. The summed E-state index contributed by atoms with van der Waals surface area (Å²) in [6.45, 7) is 0.976. The van der Waals surface area contributed by atoms with Crippen LogP contribution in [0.3, 0.4) is 0 Å². The maximum atomic E-state index is 13.7. The van der Waals surface area contributed by atoms with Crippen LogP contribution >= 0.6 is 39.1 Å². The number of ether oxygens (including phenoxy) is 10. The smallest absolute Gasteiger partial charge is 0.394 e. The first-order valence-corrected chi connectivity index (χ1v) is 44.0. The first-order valence-electron chi connectivity index (χ1n) is 36.6. The van der Waals surface area contributed by atoms with Crippen LogP contribution < -0.4 is 5.32 Å². The first kappa shape index (κ1) is 99.6. The minimum Gasteiger partial charge on any atom is -0.394 e. The van der Waals surface area contributed by atoms with Crippen LogP contribution in [0.2, 0.25) is 0 Å². The van der Waals surface area contributed by atoms with Gasteiger partial charge in [-0.05, 0) is 71.1 Å². The molecule has 12 unspecified atom stereocenters. The standard InChI is InChI=1S/C62H122NO40P5/c1-43-34-47(103-104(74,75)84-5)51(99-43)38-97-108(82,83)98-42-62(40-86-23-20-32-95-106(78,79)92-29-15-9-6-12-25-88-59-44(2)53(68)55(70)48(35-64)100-59,41-87-24-21-33-96-107(80,81)93-30-16-10-7-13-26-89-60-45(3)54(69)56(71)49(36-65)101-60)39-85-22-18-19-31-94-105(76,77)91-28-17-11-8-14-27-90-61-52(63-46(4)67)58(73)57(72)50(37-66)102-61/h43-45,47-61,64-66,68-73H,6-42H2,1-5H3,(H,63,67)(H,74,75)(H,76,77)(H,78,79)(H,80,81)(H,82,83)/t43-,44?,45?,47?,48?,49?,50?,51+,52?,53+,54+,55-,56-,57-,58+,59+,60+,61+,62?/m0/s1. The average Bonchev–Trinajstić information content (AvgIpc) is 1.10. The summed E-state index contributed by atoms with van der Waals surface area (Å²) in [4.78, 5) is 64.1. The Hall–Kier alpha value is -0.740. The van der Waals surface area contributed by atoms with Gasteiger partial charge in [-0.3, -0.25) is 50.0 Å². The summed E-state index contributed by atoms with van der Waals surface area (Å²) in [6.07, 6.45) is -9.81. The highest BCUT2D eigenvalue weighted by atomic mass is 31.2. The van der Waals surface area contributed by atoms with Gasteiger partial charge in [0.25, 0.3) is 0 Å². The summed E-state index contributed by atoms with van der Waals surface area (Å²) in [5, 5.41) is 92.5. The second kappa shape index (κ2) is 52.1. The van der Waals surface area contributed by atoms with E-state index in [4.69, 9.17) is 88.1 Å². The van der Waals surface area contributed by atoms with Gasteiger partial charge in [0.2, 0.25) is 5.91 Å². The van der Waals surface area contributed by atoms with Crippen LogP contribution in [-0.2, 0) is 120 Å². The van der Waals surface area contributed by atoms with E-state index in [9.17, 15) is 98.0 Å². The van der Waals surface area contributed by atoms with Crippen molar-refractivity contribution in [2.24, 2.45) is 17.3 Å². The number of carbonyl (C=O) groups excluding carboxylic acids is 1. The number of carbonyl (C=O) groups is 1. The van der Waals surface area contributed by atoms with E-state index in [0.717, 1.165) is 7.11 Å². The van der Waals surface area contributed by atoms with E-state index >= 15 is 0 Å². The van der Waals surface area contributed by atoms with E-state index in [-0.39, 0.29) is 131 Å². The van der Waals surface area contributed by atoms with Crippen molar-refractivity contribution in [1.82, 2.24) is 5.32 Å². The van der Waals surface area contributed by atoms with Gasteiger partial charge in [-0.15, -0.1) is 0 Å². The Bertz CT molecular complexity index is 2600. The number of nitrogens with one attached hydrogen (secondary N) is 1. The van der Waals surface area contributed by atoms with Gasteiger partial charge >= 0.3 is 39.1 Å². The van der Waals surface area contributed by atoms with Gasteiger partial charge in [-0.25, -0.2) is 22.8 Å². The van der Waals surface area contributed by atoms with E-state index in [1.165, 1.54) is 6.92 Å². The van der Waals surface area contributed by atoms with Crippen molar-refractivity contribution in [3.8, 4) is 0 Å². The lowest BCUT2D eigenvalue weighted by molar-refractivity contribution is -0.282. The highest BCUT2D eigenvalue weighted by molar-refractivity contribution is 7.48. The molecule has 0 aromatic rings. The number of aliphatic hydroxyl groups excluding tert-OH is 9. The third-order valence-corrected chi connectivity index (χ3v) is 22.7. The summed E-state index contributed by atoms with van der Waals surface area (Å²) in [5.41, 5.74) is -1.52. The zero-order valence-electron chi connectivity index (χ0n) is 62.2. The molecular formula is C62H122NO40P5. The molecule has 4 aliphatic rings. The number of hydrogen-bond acceptors (Lipinski definition) is 35. The minimum absolute atomic E-state index is 0.000919. The number of rotatable bonds is 62. The predicted octanol–water partition coefficient (Wildman–Crippen LogP) is 2.25. The number of phosphoric acid groups is 5. The summed E-state index contributed by atoms with van der Waals surface area (Å²) in [6, 6.07) is -1.10. The third-order valence-electron chi connectivity index (χ3n) is 17.7. The fraction of sp³-hybridized carbons (Fsp3) is 0.984. The topological polar surface area (TPSA) is 582 Å². The number of aliphatic hydroxyl groups is 9. The summed E-state index contributed by atoms with van der Waals surface area (Å²) < 4.78 is 174. The number of unbranched alkanes of at least 4 members (excludes halogenated alkanes) is 10. The number of phosphoric ester groups is 5. The van der Waals surface area contributed by atoms with E-state index in [1.54, 1.807) is 20.8 Å². The Morgan fingerprint density at radius 1 is 0.398 bits per heavy atom. The molecular weight excluding hydrogens is 1550 g/mol. The predicted molar refractivity (Wildman–Crippen MR) is 373 cm³/mol. The van der Waals surface area contributed by atoms with Crippen LogP contribution in [0, 0.1) is 17.3 Å². The Morgan fingerprint density at radius 3 is 1.12 bits per heavy atom. The fourth-order valence-corrected chi connectivity index (χ4v) is 15.3. The van der Waals surface area contributed by atoms with Gasteiger partial charge in [-0.2, -0.15) is 0 Å². The molecule has 4 heterocycles. The van der Waals surface area contributed by atoms with Gasteiger partial charge < -0.3 is 123 Å². The second-order valence-electron chi connectivity index (χ2n) is 27.0. The van der Waals surface area contributed by atoms with Crippen LogP contribution in [-0.4, -0.2) is 314 Å². The quantitative estimate of drug-likeness (QED) is 0.0307. The zero-order chi connectivity index (χ0) is 80.0. The van der Waals surface area contributed by atoms with Crippen LogP contribution in [0.25, 0.3) is 0 Å². The number of amides is 1. The van der Waals surface area contributed by atoms with Crippen molar-refractivity contribution in [3.05, 3.63) is 0 Å². The van der Waals surface area contributed by atoms with Crippen molar-refractivity contribution in [3.63, 3.8) is 0 Å². The summed E-state index contributed by atoms with van der Waals surface area (Å²) >= 11 is 0. The monoisotopic (exact) mass is 1680 g/mol. The molecule has 640 valence electrons. The molecule has 15 N–H and O–H groups in total. The molecule has 4 rings (SSSR count). The summed E-state index contributed by atoms with van der Waals surface area (Å²) in [7, 11) is -22.3. The normalized spacial score (nSPS) is 31.1. The van der Waals surface area contributed by atoms with Gasteiger partial charge in [0.15, 0.2) is 18.9 Å². The Labute approximate surface area is 630 Å². The van der Waals surface area contributed by atoms with Crippen LogP contribution in [0.15, 0.2) is 0 Å². The molecule has 108 heavy (non-hydrogen) atoms. The molecule has 0 radical (unpaired) electrons. The van der Waals surface area contributed by atoms with Crippen molar-refractivity contribution >= 4 is 45.0 Å². The van der Waals surface area contributed by atoms with Crippen LogP contribution in [0.4, 0.5) is 0 Å². The molecule has 0 bridgehead atoms. The zero-order valence-corrected chi connectivity index (χ0v) is 66.6. The lowest BCUT2D eigenvalue weighted by Gasteiger charge is -2.42. The van der Waals surface area contributed by atoms with Crippen LogP contribution in [0.5, 0.6) is 0 Å². The van der Waals surface area contributed by atoms with Crippen molar-refractivity contribution < 1.29 is 191 Å². The molecule has 4 saturated heterocycles. The fourth-order valence-electron chi connectivity index (χ4n) is 11.5. The maximum absolute atomic E-state index is 13.7. The third kappa shape index (κ3) is 38.6. The van der Waals surface area contributed by atoms with Gasteiger partial charge in [-0.1, -0.05) is 52.4 Å². The SMILES string of the molecule is COP(=O)(O)OC1C[C@H](C)O[C@@H]1COP(=O)(O)OCC(COCCCCOP(=O)(O)OCCCCCCO[C@@H]1OC(CO)[C@H](O)[C@H](O)C1NC(C)=O)(COCCCOP(=O)(O)OCCCCCCO[C@@H]1OC(CO)[C@H](O)[C@H](O)C1C)COCCCOP(=O)(O)OCCCCCCO[C@@H]1OC(CO)[C@H](O)[C@H](O)C1C. The Balaban J connectivity index is 1.32. The highest BCUT2D eigenvalue weighted by Crippen LogP contribution is 2.50. The van der Waals surface area contributed by atoms with E-state index in [1.807, 2.05) is 0 Å². The minimum atomic E-state index is -5.09. The number of hydrogen-bond donors (Lipinski definition) is 15. The molecule has 41 nitrogen and oxygen atoms in total. The summed E-state index contributed by atoms with van der Waals surface area (Å²) in [5.74, 6) is -1.60. The first-order chi connectivity index (χ1) is 51.1. The molecule has 0 aromatic heterocycles. The molecule has 46 heteroatoms.